The minimum atomic E-state index is -3.54. The van der Waals surface area contributed by atoms with E-state index < -0.39 is 16.1 Å². The molecule has 3 atom stereocenters. The summed E-state index contributed by atoms with van der Waals surface area (Å²) in [5.74, 6) is 0. The second-order valence-electron chi connectivity index (χ2n) is 8.12. The van der Waals surface area contributed by atoms with Crippen LogP contribution < -0.4 is 15.4 Å². The van der Waals surface area contributed by atoms with Crippen molar-refractivity contribution in [1.82, 2.24) is 15.4 Å². The van der Waals surface area contributed by atoms with Crippen molar-refractivity contribution in [3.63, 3.8) is 0 Å². The second kappa shape index (κ2) is 11.1. The van der Waals surface area contributed by atoms with E-state index in [2.05, 4.69) is 15.4 Å². The SMILES string of the molecule is O=C(NC1CCCCC1)N[C@@H]1CC[C@H](CCNS(=O)(=O)c2ccccc2)O[C@@H]1CO. The fourth-order valence-corrected chi connectivity index (χ4v) is 5.26. The molecule has 0 unspecified atom stereocenters. The van der Waals surface area contributed by atoms with Gasteiger partial charge in [-0.2, -0.15) is 0 Å². The Kier molecular flexibility index (Phi) is 8.50. The van der Waals surface area contributed by atoms with Gasteiger partial charge in [-0.15, -0.1) is 0 Å². The summed E-state index contributed by atoms with van der Waals surface area (Å²) in [6.07, 6.45) is 6.76. The molecule has 1 aromatic carbocycles. The second-order valence-corrected chi connectivity index (χ2v) is 9.88. The molecule has 3 rings (SSSR count). The van der Waals surface area contributed by atoms with E-state index in [1.54, 1.807) is 30.3 Å². The van der Waals surface area contributed by atoms with Crippen molar-refractivity contribution in [2.45, 2.75) is 80.6 Å². The molecule has 2 fully saturated rings. The standard InChI is InChI=1S/C21H33N3O5S/c25-15-20-19(24-21(26)23-16-7-3-1-4-8-16)12-11-17(29-20)13-14-22-30(27,28)18-9-5-2-6-10-18/h2,5-6,9-10,16-17,19-20,22,25H,1,3-4,7-8,11-15H2,(H2,23,24,26)/t17-,19-,20-/m1/s1. The highest BCUT2D eigenvalue weighted by Crippen LogP contribution is 2.22. The number of carbonyl (C=O) groups excluding carboxylic acids is 1. The van der Waals surface area contributed by atoms with Crippen molar-refractivity contribution < 1.29 is 23.1 Å². The molecule has 1 heterocycles. The molecule has 1 aliphatic carbocycles. The first kappa shape index (κ1) is 23.0. The van der Waals surface area contributed by atoms with Gasteiger partial charge in [0.05, 0.1) is 23.6 Å². The smallest absolute Gasteiger partial charge is 0.315 e. The number of ether oxygens (including phenoxy) is 1. The zero-order chi connectivity index (χ0) is 21.4. The first-order valence-electron chi connectivity index (χ1n) is 10.9. The average Bonchev–Trinajstić information content (AvgIpc) is 2.76. The molecular formula is C21H33N3O5S. The van der Waals surface area contributed by atoms with Gasteiger partial charge in [0.15, 0.2) is 0 Å². The van der Waals surface area contributed by atoms with Crippen LogP contribution in [-0.4, -0.2) is 57.0 Å². The Morgan fingerprint density at radius 1 is 1.03 bits per heavy atom. The lowest BCUT2D eigenvalue weighted by molar-refractivity contribution is -0.0887. The molecule has 8 nitrogen and oxygen atoms in total. The van der Waals surface area contributed by atoms with Gasteiger partial charge in [0, 0.05) is 12.6 Å². The maximum atomic E-state index is 12.3. The van der Waals surface area contributed by atoms with E-state index in [1.807, 2.05) is 0 Å². The first-order chi connectivity index (χ1) is 14.5. The third-order valence-electron chi connectivity index (χ3n) is 5.86. The summed E-state index contributed by atoms with van der Waals surface area (Å²) < 4.78 is 33.1. The third-order valence-corrected chi connectivity index (χ3v) is 7.34. The van der Waals surface area contributed by atoms with Gasteiger partial charge in [-0.25, -0.2) is 17.9 Å². The number of hydrogen-bond acceptors (Lipinski definition) is 5. The van der Waals surface area contributed by atoms with Crippen LogP contribution in [0.3, 0.4) is 0 Å². The number of benzene rings is 1. The Morgan fingerprint density at radius 2 is 1.77 bits per heavy atom. The number of nitrogens with one attached hydrogen (secondary N) is 3. The Bertz CT molecular complexity index is 768. The number of sulfonamides is 1. The third kappa shape index (κ3) is 6.66. The molecule has 0 aromatic heterocycles. The molecule has 1 aromatic rings. The van der Waals surface area contributed by atoms with Crippen LogP contribution in [0.25, 0.3) is 0 Å². The minimum Gasteiger partial charge on any atom is -0.394 e. The number of aliphatic hydroxyl groups is 1. The molecule has 30 heavy (non-hydrogen) atoms. The highest BCUT2D eigenvalue weighted by Gasteiger charge is 2.32. The van der Waals surface area contributed by atoms with Gasteiger partial charge < -0.3 is 20.5 Å². The largest absolute Gasteiger partial charge is 0.394 e. The number of rotatable bonds is 8. The highest BCUT2D eigenvalue weighted by atomic mass is 32.2. The summed E-state index contributed by atoms with van der Waals surface area (Å²) in [4.78, 5) is 12.5. The lowest BCUT2D eigenvalue weighted by atomic mass is 9.95. The van der Waals surface area contributed by atoms with Crippen LogP contribution >= 0.6 is 0 Å². The molecule has 168 valence electrons. The van der Waals surface area contributed by atoms with Crippen LogP contribution in [0.1, 0.15) is 51.4 Å². The van der Waals surface area contributed by atoms with E-state index in [0.717, 1.165) is 25.7 Å². The minimum absolute atomic E-state index is 0.167. The topological polar surface area (TPSA) is 117 Å². The average molecular weight is 440 g/mol. The lowest BCUT2D eigenvalue weighted by Gasteiger charge is -2.36. The van der Waals surface area contributed by atoms with E-state index in [-0.39, 0.29) is 42.3 Å². The van der Waals surface area contributed by atoms with Crippen molar-refractivity contribution >= 4 is 16.1 Å². The summed E-state index contributed by atoms with van der Waals surface area (Å²) in [5, 5.41) is 15.7. The van der Waals surface area contributed by atoms with Gasteiger partial charge in [-0.3, -0.25) is 0 Å². The maximum absolute atomic E-state index is 12.3. The van der Waals surface area contributed by atoms with Gasteiger partial charge >= 0.3 is 6.03 Å². The molecule has 0 spiro atoms. The molecular weight excluding hydrogens is 406 g/mol. The molecule has 9 heteroatoms. The van der Waals surface area contributed by atoms with Crippen LogP contribution in [0.5, 0.6) is 0 Å². The number of urea groups is 1. The molecule has 1 aliphatic heterocycles. The van der Waals surface area contributed by atoms with E-state index >= 15 is 0 Å². The Morgan fingerprint density at radius 3 is 2.47 bits per heavy atom. The summed E-state index contributed by atoms with van der Waals surface area (Å²) in [7, 11) is -3.54. The van der Waals surface area contributed by atoms with Gasteiger partial charge in [-0.1, -0.05) is 37.5 Å². The van der Waals surface area contributed by atoms with E-state index in [1.165, 1.54) is 6.42 Å². The maximum Gasteiger partial charge on any atom is 0.315 e. The van der Waals surface area contributed by atoms with Crippen molar-refractivity contribution in [2.24, 2.45) is 0 Å². The molecule has 1 saturated heterocycles. The lowest BCUT2D eigenvalue weighted by Crippen LogP contribution is -2.55. The van der Waals surface area contributed by atoms with Crippen molar-refractivity contribution in [3.05, 3.63) is 30.3 Å². The predicted molar refractivity (Wildman–Crippen MR) is 114 cm³/mol. The van der Waals surface area contributed by atoms with Gasteiger partial charge in [0.2, 0.25) is 10.0 Å². The molecule has 0 bridgehead atoms. The predicted octanol–water partition coefficient (Wildman–Crippen LogP) is 1.90. The van der Waals surface area contributed by atoms with Crippen LogP contribution in [0.15, 0.2) is 35.2 Å². The fourth-order valence-electron chi connectivity index (χ4n) is 4.19. The zero-order valence-electron chi connectivity index (χ0n) is 17.3. The molecule has 2 aliphatic rings. The summed E-state index contributed by atoms with van der Waals surface area (Å²) in [6, 6.07) is 8.00. The number of hydrogen-bond donors (Lipinski definition) is 4. The monoisotopic (exact) mass is 439 g/mol. The summed E-state index contributed by atoms with van der Waals surface area (Å²) >= 11 is 0. The van der Waals surface area contributed by atoms with E-state index in [9.17, 15) is 18.3 Å². The van der Waals surface area contributed by atoms with Gasteiger partial charge in [-0.05, 0) is 44.2 Å². The van der Waals surface area contributed by atoms with Gasteiger partial charge in [0.25, 0.3) is 0 Å². The molecule has 2 amide bonds. The first-order valence-corrected chi connectivity index (χ1v) is 12.3. The number of amides is 2. The van der Waals surface area contributed by atoms with Crippen LogP contribution in [-0.2, 0) is 14.8 Å². The highest BCUT2D eigenvalue weighted by molar-refractivity contribution is 7.89. The normalized spacial score (nSPS) is 25.6. The van der Waals surface area contributed by atoms with Crippen molar-refractivity contribution in [1.29, 1.82) is 0 Å². The van der Waals surface area contributed by atoms with E-state index in [0.29, 0.717) is 19.3 Å². The number of aliphatic hydroxyl groups excluding tert-OH is 1. The Balaban J connectivity index is 1.42. The quantitative estimate of drug-likeness (QED) is 0.494. The van der Waals surface area contributed by atoms with Crippen molar-refractivity contribution in [2.75, 3.05) is 13.2 Å². The summed E-state index contributed by atoms with van der Waals surface area (Å²) in [5.41, 5.74) is 0. The zero-order valence-corrected chi connectivity index (χ0v) is 18.1. The van der Waals surface area contributed by atoms with Crippen LogP contribution in [0, 0.1) is 0 Å². The molecule has 1 saturated carbocycles. The molecule has 0 radical (unpaired) electrons. The van der Waals surface area contributed by atoms with E-state index in [4.69, 9.17) is 4.74 Å². The van der Waals surface area contributed by atoms with Crippen molar-refractivity contribution in [3.8, 4) is 0 Å². The van der Waals surface area contributed by atoms with Crippen LogP contribution in [0.4, 0.5) is 4.79 Å². The Hall–Kier alpha value is -1.68. The Labute approximate surface area is 178 Å². The fraction of sp³-hybridized carbons (Fsp3) is 0.667. The van der Waals surface area contributed by atoms with Crippen LogP contribution in [0.2, 0.25) is 0 Å². The summed E-state index contributed by atoms with van der Waals surface area (Å²) in [6.45, 7) is 0.0565. The van der Waals surface area contributed by atoms with Gasteiger partial charge in [0.1, 0.15) is 6.10 Å². The number of carbonyl (C=O) groups is 1. The molecule has 4 N–H and O–H groups in total.